The van der Waals surface area contributed by atoms with Crippen LogP contribution in [-0.2, 0) is 11.2 Å². The minimum Gasteiger partial charge on any atom is -0.299 e. The van der Waals surface area contributed by atoms with Gasteiger partial charge in [-0.15, -0.1) is 0 Å². The molecule has 1 aliphatic carbocycles. The van der Waals surface area contributed by atoms with Crippen LogP contribution in [0.1, 0.15) is 31.4 Å². The Morgan fingerprint density at radius 2 is 2.00 bits per heavy atom. The molecule has 2 aromatic rings. The van der Waals surface area contributed by atoms with Gasteiger partial charge in [0.15, 0.2) is 0 Å². The van der Waals surface area contributed by atoms with E-state index in [0.29, 0.717) is 5.78 Å². The lowest BCUT2D eigenvalue weighted by atomic mass is 9.85. The van der Waals surface area contributed by atoms with E-state index in [9.17, 15) is 4.79 Å². The van der Waals surface area contributed by atoms with E-state index in [2.05, 4.69) is 5.10 Å². The van der Waals surface area contributed by atoms with Crippen LogP contribution in [0.25, 0.3) is 5.69 Å². The standard InChI is InChI=1S/C16H18N2O/c19-16-9-5-4-6-13(16)12-14-10-11-18(17-14)15-7-2-1-3-8-15/h1-3,7-8,10-11,13H,4-6,9,12H2. The van der Waals surface area contributed by atoms with Crippen LogP contribution in [0.5, 0.6) is 0 Å². The van der Waals surface area contributed by atoms with E-state index in [1.807, 2.05) is 47.3 Å². The molecule has 1 atom stereocenters. The number of para-hydroxylation sites is 1. The fourth-order valence-electron chi connectivity index (χ4n) is 2.72. The predicted molar refractivity (Wildman–Crippen MR) is 74.2 cm³/mol. The number of hydrogen-bond donors (Lipinski definition) is 0. The van der Waals surface area contributed by atoms with Crippen molar-refractivity contribution in [3.8, 4) is 5.69 Å². The van der Waals surface area contributed by atoms with Crippen LogP contribution in [-0.4, -0.2) is 15.6 Å². The van der Waals surface area contributed by atoms with E-state index >= 15 is 0 Å². The first-order valence-electron chi connectivity index (χ1n) is 6.95. The summed E-state index contributed by atoms with van der Waals surface area (Å²) < 4.78 is 1.88. The highest BCUT2D eigenvalue weighted by Gasteiger charge is 2.23. The maximum atomic E-state index is 11.8. The Morgan fingerprint density at radius 3 is 2.79 bits per heavy atom. The number of benzene rings is 1. The highest BCUT2D eigenvalue weighted by Crippen LogP contribution is 2.23. The molecule has 98 valence electrons. The molecule has 0 saturated heterocycles. The summed E-state index contributed by atoms with van der Waals surface area (Å²) in [7, 11) is 0. The van der Waals surface area contributed by atoms with Gasteiger partial charge in [-0.2, -0.15) is 5.10 Å². The molecule has 1 aliphatic rings. The lowest BCUT2D eigenvalue weighted by molar-refractivity contribution is -0.124. The number of carbonyl (C=O) groups excluding carboxylic acids is 1. The summed E-state index contributed by atoms with van der Waals surface area (Å²) in [5, 5.41) is 4.57. The topological polar surface area (TPSA) is 34.9 Å². The number of rotatable bonds is 3. The Kier molecular flexibility index (Phi) is 3.45. The molecule has 3 nitrogen and oxygen atoms in total. The molecule has 3 rings (SSSR count). The second-order valence-electron chi connectivity index (χ2n) is 5.20. The third-order valence-corrected chi connectivity index (χ3v) is 3.80. The molecule has 3 heteroatoms. The summed E-state index contributed by atoms with van der Waals surface area (Å²) in [6, 6.07) is 12.1. The molecule has 0 N–H and O–H groups in total. The summed E-state index contributed by atoms with van der Waals surface area (Å²) in [6.07, 6.45) is 6.78. The molecule has 1 aromatic carbocycles. The molecular weight excluding hydrogens is 236 g/mol. The van der Waals surface area contributed by atoms with Gasteiger partial charge in [-0.05, 0) is 31.0 Å². The summed E-state index contributed by atoms with van der Waals surface area (Å²) >= 11 is 0. The Bertz CT molecular complexity index is 559. The summed E-state index contributed by atoms with van der Waals surface area (Å²) in [5.74, 6) is 0.605. The normalized spacial score (nSPS) is 19.6. The van der Waals surface area contributed by atoms with Gasteiger partial charge >= 0.3 is 0 Å². The molecule has 0 radical (unpaired) electrons. The van der Waals surface area contributed by atoms with Crippen molar-refractivity contribution in [2.24, 2.45) is 5.92 Å². The number of aromatic nitrogens is 2. The van der Waals surface area contributed by atoms with Gasteiger partial charge in [0.1, 0.15) is 5.78 Å². The van der Waals surface area contributed by atoms with Crippen LogP contribution >= 0.6 is 0 Å². The van der Waals surface area contributed by atoms with Crippen molar-refractivity contribution in [1.29, 1.82) is 0 Å². The first-order chi connectivity index (χ1) is 9.33. The molecule has 1 saturated carbocycles. The molecule has 0 amide bonds. The molecule has 1 fully saturated rings. The SMILES string of the molecule is O=C1CCCCC1Cc1ccn(-c2ccccc2)n1. The van der Waals surface area contributed by atoms with E-state index in [-0.39, 0.29) is 5.92 Å². The monoisotopic (exact) mass is 254 g/mol. The lowest BCUT2D eigenvalue weighted by Gasteiger charge is -2.19. The third kappa shape index (κ3) is 2.75. The van der Waals surface area contributed by atoms with Crippen molar-refractivity contribution >= 4 is 5.78 Å². The number of carbonyl (C=O) groups is 1. The van der Waals surface area contributed by atoms with Crippen LogP contribution in [0, 0.1) is 5.92 Å². The summed E-state index contributed by atoms with van der Waals surface area (Å²) in [6.45, 7) is 0. The van der Waals surface area contributed by atoms with Gasteiger partial charge in [0.25, 0.3) is 0 Å². The van der Waals surface area contributed by atoms with Crippen LogP contribution in [0.15, 0.2) is 42.6 Å². The van der Waals surface area contributed by atoms with Gasteiger partial charge in [0.05, 0.1) is 11.4 Å². The second kappa shape index (κ2) is 5.39. The van der Waals surface area contributed by atoms with Crippen LogP contribution in [0.2, 0.25) is 0 Å². The Morgan fingerprint density at radius 1 is 1.16 bits per heavy atom. The van der Waals surface area contributed by atoms with E-state index in [4.69, 9.17) is 0 Å². The zero-order valence-electron chi connectivity index (χ0n) is 11.0. The van der Waals surface area contributed by atoms with E-state index in [0.717, 1.165) is 37.1 Å². The highest BCUT2D eigenvalue weighted by molar-refractivity contribution is 5.81. The maximum absolute atomic E-state index is 11.8. The maximum Gasteiger partial charge on any atom is 0.136 e. The van der Waals surface area contributed by atoms with Crippen molar-refractivity contribution in [3.05, 3.63) is 48.3 Å². The quantitative estimate of drug-likeness (QED) is 0.843. The number of hydrogen-bond acceptors (Lipinski definition) is 2. The molecule has 0 bridgehead atoms. The molecule has 1 unspecified atom stereocenters. The van der Waals surface area contributed by atoms with Gasteiger partial charge < -0.3 is 0 Å². The van der Waals surface area contributed by atoms with Crippen LogP contribution in [0.4, 0.5) is 0 Å². The first-order valence-corrected chi connectivity index (χ1v) is 6.95. The predicted octanol–water partition coefficient (Wildman–Crippen LogP) is 3.17. The number of Topliss-reactive ketones (excluding diaryl/α,β-unsaturated/α-hetero) is 1. The second-order valence-corrected chi connectivity index (χ2v) is 5.20. The Labute approximate surface area is 113 Å². The van der Waals surface area contributed by atoms with Crippen molar-refractivity contribution < 1.29 is 4.79 Å². The van der Waals surface area contributed by atoms with Crippen molar-refractivity contribution in [1.82, 2.24) is 9.78 Å². The highest BCUT2D eigenvalue weighted by atomic mass is 16.1. The molecule has 19 heavy (non-hydrogen) atoms. The van der Waals surface area contributed by atoms with Gasteiger partial charge in [-0.1, -0.05) is 24.6 Å². The fourth-order valence-corrected chi connectivity index (χ4v) is 2.72. The summed E-state index contributed by atoms with van der Waals surface area (Å²) in [4.78, 5) is 11.8. The summed E-state index contributed by atoms with van der Waals surface area (Å²) in [5.41, 5.74) is 2.08. The van der Waals surface area contributed by atoms with Gasteiger partial charge in [-0.25, -0.2) is 4.68 Å². The van der Waals surface area contributed by atoms with Crippen LogP contribution < -0.4 is 0 Å². The van der Waals surface area contributed by atoms with Crippen molar-refractivity contribution in [2.75, 3.05) is 0 Å². The van der Waals surface area contributed by atoms with Gasteiger partial charge in [0, 0.05) is 25.0 Å². The smallest absolute Gasteiger partial charge is 0.136 e. The molecule has 0 spiro atoms. The Hall–Kier alpha value is -1.90. The van der Waals surface area contributed by atoms with Crippen LogP contribution in [0.3, 0.4) is 0 Å². The van der Waals surface area contributed by atoms with Crippen molar-refractivity contribution in [2.45, 2.75) is 32.1 Å². The minimum absolute atomic E-state index is 0.188. The van der Waals surface area contributed by atoms with Gasteiger partial charge in [0.2, 0.25) is 0 Å². The van der Waals surface area contributed by atoms with Gasteiger partial charge in [-0.3, -0.25) is 4.79 Å². The van der Waals surface area contributed by atoms with E-state index in [1.54, 1.807) is 0 Å². The molecule has 1 heterocycles. The zero-order valence-corrected chi connectivity index (χ0v) is 11.0. The van der Waals surface area contributed by atoms with E-state index < -0.39 is 0 Å². The lowest BCUT2D eigenvalue weighted by Crippen LogP contribution is -2.21. The van der Waals surface area contributed by atoms with E-state index in [1.165, 1.54) is 6.42 Å². The minimum atomic E-state index is 0.188. The molecule has 1 aromatic heterocycles. The number of nitrogens with zero attached hydrogens (tertiary/aromatic N) is 2. The number of ketones is 1. The Balaban J connectivity index is 1.73. The average Bonchev–Trinajstić information content (AvgIpc) is 2.91. The third-order valence-electron chi connectivity index (χ3n) is 3.80. The fraction of sp³-hybridized carbons (Fsp3) is 0.375. The zero-order chi connectivity index (χ0) is 13.1. The largest absolute Gasteiger partial charge is 0.299 e. The average molecular weight is 254 g/mol. The van der Waals surface area contributed by atoms with Crippen molar-refractivity contribution in [3.63, 3.8) is 0 Å². The first kappa shape index (κ1) is 12.2. The molecular formula is C16H18N2O. The molecule has 0 aliphatic heterocycles.